The van der Waals surface area contributed by atoms with Gasteiger partial charge in [0.1, 0.15) is 0 Å². The third-order valence-corrected chi connectivity index (χ3v) is 4.93. The molecule has 1 saturated carbocycles. The van der Waals surface area contributed by atoms with Crippen molar-refractivity contribution >= 4 is 22.4 Å². The SMILES string of the molecule is O=C(Nc1nc(C2CC2)cs1)C1CNCc2ccccc21. The fourth-order valence-electron chi connectivity index (χ4n) is 2.83. The molecule has 21 heavy (non-hydrogen) atoms. The highest BCUT2D eigenvalue weighted by atomic mass is 32.1. The van der Waals surface area contributed by atoms with E-state index >= 15 is 0 Å². The number of benzene rings is 1. The standard InChI is InChI=1S/C16H17N3OS/c20-15(19-16-18-14(9-21-16)10-5-6-10)13-8-17-7-11-3-1-2-4-12(11)13/h1-4,9-10,13,17H,5-8H2,(H,18,19,20). The molecular formula is C16H17N3OS. The maximum absolute atomic E-state index is 12.5. The smallest absolute Gasteiger partial charge is 0.235 e. The zero-order valence-electron chi connectivity index (χ0n) is 11.6. The predicted octanol–water partition coefficient (Wildman–Crippen LogP) is 2.85. The number of nitrogens with one attached hydrogen (secondary N) is 2. The number of nitrogens with zero attached hydrogens (tertiary/aromatic N) is 1. The number of rotatable bonds is 3. The van der Waals surface area contributed by atoms with E-state index in [0.717, 1.165) is 22.9 Å². The first-order valence-electron chi connectivity index (χ1n) is 7.36. The third-order valence-electron chi connectivity index (χ3n) is 4.16. The Morgan fingerprint density at radius 3 is 3.05 bits per heavy atom. The van der Waals surface area contributed by atoms with Crippen molar-refractivity contribution in [1.82, 2.24) is 10.3 Å². The van der Waals surface area contributed by atoms with Gasteiger partial charge in [-0.2, -0.15) is 0 Å². The molecule has 1 aromatic heterocycles. The molecule has 5 heteroatoms. The Morgan fingerprint density at radius 2 is 2.19 bits per heavy atom. The average molecular weight is 299 g/mol. The van der Waals surface area contributed by atoms with Crippen molar-refractivity contribution in [2.45, 2.75) is 31.2 Å². The summed E-state index contributed by atoms with van der Waals surface area (Å²) in [5.41, 5.74) is 3.48. The van der Waals surface area contributed by atoms with E-state index in [0.29, 0.717) is 12.5 Å². The number of amides is 1. The van der Waals surface area contributed by atoms with Crippen molar-refractivity contribution in [3.63, 3.8) is 0 Å². The molecule has 1 atom stereocenters. The number of hydrogen-bond donors (Lipinski definition) is 2. The molecule has 108 valence electrons. The number of fused-ring (bicyclic) bond motifs is 1. The maximum Gasteiger partial charge on any atom is 0.235 e. The molecule has 1 aliphatic heterocycles. The normalized spacial score (nSPS) is 20.9. The summed E-state index contributed by atoms with van der Waals surface area (Å²) in [6.45, 7) is 1.52. The molecule has 2 heterocycles. The van der Waals surface area contributed by atoms with Crippen molar-refractivity contribution in [3.05, 3.63) is 46.5 Å². The topological polar surface area (TPSA) is 54.0 Å². The molecule has 1 aromatic carbocycles. The van der Waals surface area contributed by atoms with Crippen LogP contribution in [0.15, 0.2) is 29.6 Å². The molecule has 0 bridgehead atoms. The van der Waals surface area contributed by atoms with E-state index in [4.69, 9.17) is 0 Å². The monoisotopic (exact) mass is 299 g/mol. The Kier molecular flexibility index (Phi) is 3.24. The summed E-state index contributed by atoms with van der Waals surface area (Å²) in [6.07, 6.45) is 2.47. The van der Waals surface area contributed by atoms with Crippen molar-refractivity contribution < 1.29 is 4.79 Å². The minimum absolute atomic E-state index is 0.0337. The number of carbonyl (C=O) groups excluding carboxylic acids is 1. The van der Waals surface area contributed by atoms with Crippen LogP contribution in [0.1, 0.15) is 41.5 Å². The molecule has 0 radical (unpaired) electrons. The van der Waals surface area contributed by atoms with Gasteiger partial charge in [-0.1, -0.05) is 24.3 Å². The quantitative estimate of drug-likeness (QED) is 0.916. The average Bonchev–Trinajstić information content (AvgIpc) is 3.27. The molecule has 2 N–H and O–H groups in total. The van der Waals surface area contributed by atoms with Gasteiger partial charge in [-0.05, 0) is 24.0 Å². The van der Waals surface area contributed by atoms with E-state index in [1.54, 1.807) is 0 Å². The molecule has 1 unspecified atom stereocenters. The van der Waals surface area contributed by atoms with Gasteiger partial charge < -0.3 is 10.6 Å². The van der Waals surface area contributed by atoms with Crippen molar-refractivity contribution in [2.24, 2.45) is 0 Å². The van der Waals surface area contributed by atoms with Crippen LogP contribution < -0.4 is 10.6 Å². The van der Waals surface area contributed by atoms with Crippen LogP contribution in [-0.2, 0) is 11.3 Å². The number of aromatic nitrogens is 1. The lowest BCUT2D eigenvalue weighted by Gasteiger charge is -2.25. The first-order valence-corrected chi connectivity index (χ1v) is 8.24. The number of hydrogen-bond acceptors (Lipinski definition) is 4. The Labute approximate surface area is 127 Å². The molecule has 1 fully saturated rings. The highest BCUT2D eigenvalue weighted by Crippen LogP contribution is 2.41. The van der Waals surface area contributed by atoms with Gasteiger partial charge in [0.25, 0.3) is 0 Å². The van der Waals surface area contributed by atoms with Gasteiger partial charge in [0.15, 0.2) is 5.13 Å². The van der Waals surface area contributed by atoms with E-state index in [2.05, 4.69) is 33.1 Å². The van der Waals surface area contributed by atoms with Gasteiger partial charge in [0, 0.05) is 24.4 Å². The molecule has 4 rings (SSSR count). The van der Waals surface area contributed by atoms with Gasteiger partial charge in [0.05, 0.1) is 11.6 Å². The fourth-order valence-corrected chi connectivity index (χ4v) is 3.63. The van der Waals surface area contributed by atoms with Gasteiger partial charge in [0.2, 0.25) is 5.91 Å². The number of anilines is 1. The molecule has 1 aliphatic carbocycles. The maximum atomic E-state index is 12.5. The first kappa shape index (κ1) is 13.0. The first-order chi connectivity index (χ1) is 10.3. The summed E-state index contributed by atoms with van der Waals surface area (Å²) in [5, 5.41) is 9.09. The summed E-state index contributed by atoms with van der Waals surface area (Å²) < 4.78 is 0. The van der Waals surface area contributed by atoms with Crippen LogP contribution in [0, 0.1) is 0 Å². The van der Waals surface area contributed by atoms with Gasteiger partial charge in [-0.3, -0.25) is 4.79 Å². The highest BCUT2D eigenvalue weighted by molar-refractivity contribution is 7.13. The van der Waals surface area contributed by atoms with Crippen molar-refractivity contribution in [1.29, 1.82) is 0 Å². The Balaban J connectivity index is 1.52. The molecule has 2 aliphatic rings. The van der Waals surface area contributed by atoms with Crippen LogP contribution in [0.3, 0.4) is 0 Å². The molecule has 4 nitrogen and oxygen atoms in total. The summed E-state index contributed by atoms with van der Waals surface area (Å²) in [6, 6.07) is 8.15. The highest BCUT2D eigenvalue weighted by Gasteiger charge is 2.28. The van der Waals surface area contributed by atoms with E-state index in [-0.39, 0.29) is 11.8 Å². The molecule has 1 amide bonds. The Morgan fingerprint density at radius 1 is 1.33 bits per heavy atom. The summed E-state index contributed by atoms with van der Waals surface area (Å²) in [7, 11) is 0. The minimum Gasteiger partial charge on any atom is -0.312 e. The van der Waals surface area contributed by atoms with E-state index in [9.17, 15) is 4.79 Å². The van der Waals surface area contributed by atoms with Crippen LogP contribution in [0.25, 0.3) is 0 Å². The summed E-state index contributed by atoms with van der Waals surface area (Å²) in [4.78, 5) is 17.1. The fraction of sp³-hybridized carbons (Fsp3) is 0.375. The minimum atomic E-state index is -0.136. The van der Waals surface area contributed by atoms with Crippen LogP contribution in [0.5, 0.6) is 0 Å². The van der Waals surface area contributed by atoms with E-state index in [1.807, 2.05) is 12.1 Å². The van der Waals surface area contributed by atoms with Crippen LogP contribution in [-0.4, -0.2) is 17.4 Å². The number of thiazole rings is 1. The van der Waals surface area contributed by atoms with Gasteiger partial charge in [-0.25, -0.2) is 4.98 Å². The second kappa shape index (κ2) is 5.24. The lowest BCUT2D eigenvalue weighted by molar-refractivity contribution is -0.117. The molecule has 0 spiro atoms. The largest absolute Gasteiger partial charge is 0.312 e. The Hall–Kier alpha value is -1.72. The van der Waals surface area contributed by atoms with Crippen LogP contribution in [0.4, 0.5) is 5.13 Å². The third kappa shape index (κ3) is 2.59. The van der Waals surface area contributed by atoms with Crippen LogP contribution in [0.2, 0.25) is 0 Å². The zero-order chi connectivity index (χ0) is 14.2. The van der Waals surface area contributed by atoms with Crippen molar-refractivity contribution in [3.8, 4) is 0 Å². The lowest BCUT2D eigenvalue weighted by atomic mass is 9.90. The Bertz CT molecular complexity index is 678. The molecule has 2 aromatic rings. The number of carbonyl (C=O) groups is 1. The second-order valence-electron chi connectivity index (χ2n) is 5.72. The second-order valence-corrected chi connectivity index (χ2v) is 6.58. The molecular weight excluding hydrogens is 282 g/mol. The summed E-state index contributed by atoms with van der Waals surface area (Å²) in [5.74, 6) is 0.526. The van der Waals surface area contributed by atoms with Crippen molar-refractivity contribution in [2.75, 3.05) is 11.9 Å². The van der Waals surface area contributed by atoms with Gasteiger partial charge >= 0.3 is 0 Å². The molecule has 0 saturated heterocycles. The van der Waals surface area contributed by atoms with E-state index < -0.39 is 0 Å². The predicted molar refractivity (Wildman–Crippen MR) is 83.6 cm³/mol. The van der Waals surface area contributed by atoms with E-state index in [1.165, 1.54) is 29.7 Å². The zero-order valence-corrected chi connectivity index (χ0v) is 12.5. The van der Waals surface area contributed by atoms with Crippen LogP contribution >= 0.6 is 11.3 Å². The van der Waals surface area contributed by atoms with Gasteiger partial charge in [-0.15, -0.1) is 11.3 Å². The summed E-state index contributed by atoms with van der Waals surface area (Å²) >= 11 is 1.53. The lowest BCUT2D eigenvalue weighted by Crippen LogP contribution is -2.35.